The van der Waals surface area contributed by atoms with E-state index in [0.717, 1.165) is 31.7 Å². The molecule has 0 saturated heterocycles. The van der Waals surface area contributed by atoms with E-state index in [1.165, 1.54) is 12.0 Å². The van der Waals surface area contributed by atoms with Gasteiger partial charge in [0.15, 0.2) is 0 Å². The maximum atomic E-state index is 5.73. The molecule has 96 valence electrons. The molecule has 0 aliphatic carbocycles. The van der Waals surface area contributed by atoms with E-state index in [9.17, 15) is 0 Å². The van der Waals surface area contributed by atoms with Gasteiger partial charge in [0.2, 0.25) is 0 Å². The van der Waals surface area contributed by atoms with Gasteiger partial charge in [-0.25, -0.2) is 0 Å². The van der Waals surface area contributed by atoms with Crippen LogP contribution in [0.2, 0.25) is 0 Å². The maximum absolute atomic E-state index is 5.73. The minimum absolute atomic E-state index is 0.440. The highest BCUT2D eigenvalue weighted by molar-refractivity contribution is 5.30. The number of unbranched alkanes of at least 4 members (excludes halogenated alkanes) is 1. The van der Waals surface area contributed by atoms with Crippen LogP contribution in [0.25, 0.3) is 0 Å². The Morgan fingerprint density at radius 1 is 1.24 bits per heavy atom. The van der Waals surface area contributed by atoms with Crippen LogP contribution in [0.3, 0.4) is 0 Å². The normalized spacial score (nSPS) is 12.4. The van der Waals surface area contributed by atoms with Crippen molar-refractivity contribution < 1.29 is 4.74 Å². The van der Waals surface area contributed by atoms with E-state index in [1.807, 2.05) is 6.07 Å². The molecule has 0 aliphatic heterocycles. The lowest BCUT2D eigenvalue weighted by Crippen LogP contribution is -2.20. The fraction of sp³-hybridized carbons (Fsp3) is 0.600. The largest absolute Gasteiger partial charge is 0.494 e. The minimum atomic E-state index is 0.440. The molecule has 1 aromatic rings. The number of nitrogens with one attached hydrogen (secondary N) is 1. The van der Waals surface area contributed by atoms with Gasteiger partial charge in [0.25, 0.3) is 0 Å². The van der Waals surface area contributed by atoms with Gasteiger partial charge in [0.05, 0.1) is 6.61 Å². The third-order valence-electron chi connectivity index (χ3n) is 2.89. The summed E-state index contributed by atoms with van der Waals surface area (Å²) >= 11 is 0. The van der Waals surface area contributed by atoms with Crippen molar-refractivity contribution in [3.63, 3.8) is 0 Å². The van der Waals surface area contributed by atoms with Crippen LogP contribution in [0.5, 0.6) is 5.75 Å². The van der Waals surface area contributed by atoms with Crippen molar-refractivity contribution in [1.29, 1.82) is 0 Å². The van der Waals surface area contributed by atoms with Crippen molar-refractivity contribution in [3.8, 4) is 5.75 Å². The highest BCUT2D eigenvalue weighted by Gasteiger charge is 2.08. The zero-order valence-electron chi connectivity index (χ0n) is 11.3. The number of benzene rings is 1. The first-order chi connectivity index (χ1) is 8.31. The molecule has 1 aromatic carbocycles. The lowest BCUT2D eigenvalue weighted by Gasteiger charge is -2.17. The third kappa shape index (κ3) is 4.78. The monoisotopic (exact) mass is 235 g/mol. The van der Waals surface area contributed by atoms with Crippen LogP contribution >= 0.6 is 0 Å². The van der Waals surface area contributed by atoms with Crippen molar-refractivity contribution in [3.05, 3.63) is 29.8 Å². The molecule has 1 unspecified atom stereocenters. The maximum Gasteiger partial charge on any atom is 0.119 e. The summed E-state index contributed by atoms with van der Waals surface area (Å²) in [6.45, 7) is 8.34. The van der Waals surface area contributed by atoms with Crippen LogP contribution in [0, 0.1) is 0 Å². The van der Waals surface area contributed by atoms with Crippen LogP contribution in [0.4, 0.5) is 0 Å². The lowest BCUT2D eigenvalue weighted by molar-refractivity contribution is 0.308. The molecular weight excluding hydrogens is 210 g/mol. The highest BCUT2D eigenvalue weighted by atomic mass is 16.5. The van der Waals surface area contributed by atoms with E-state index in [2.05, 4.69) is 44.3 Å². The zero-order valence-corrected chi connectivity index (χ0v) is 11.3. The quantitative estimate of drug-likeness (QED) is 0.689. The summed E-state index contributed by atoms with van der Waals surface area (Å²) in [6.07, 6.45) is 3.40. The van der Waals surface area contributed by atoms with Gasteiger partial charge in [-0.1, -0.05) is 39.3 Å². The van der Waals surface area contributed by atoms with Gasteiger partial charge in [-0.15, -0.1) is 0 Å². The van der Waals surface area contributed by atoms with E-state index in [1.54, 1.807) is 0 Å². The Kier molecular flexibility index (Phi) is 6.71. The van der Waals surface area contributed by atoms with Crippen molar-refractivity contribution in [2.24, 2.45) is 0 Å². The predicted octanol–water partition coefficient (Wildman–Crippen LogP) is 3.93. The third-order valence-corrected chi connectivity index (χ3v) is 2.89. The summed E-state index contributed by atoms with van der Waals surface area (Å²) in [4.78, 5) is 0. The SMILES string of the molecule is CCCCOc1cccc(C(CC)NCC)c1. The molecule has 0 aliphatic rings. The Bertz CT molecular complexity index is 312. The van der Waals surface area contributed by atoms with Gasteiger partial charge >= 0.3 is 0 Å². The Hall–Kier alpha value is -1.02. The smallest absolute Gasteiger partial charge is 0.119 e. The van der Waals surface area contributed by atoms with Crippen LogP contribution in [0.15, 0.2) is 24.3 Å². The summed E-state index contributed by atoms with van der Waals surface area (Å²) in [7, 11) is 0. The highest BCUT2D eigenvalue weighted by Crippen LogP contribution is 2.21. The van der Waals surface area contributed by atoms with Crippen LogP contribution in [-0.2, 0) is 0 Å². The Morgan fingerprint density at radius 2 is 2.06 bits per heavy atom. The van der Waals surface area contributed by atoms with Crippen molar-refractivity contribution >= 4 is 0 Å². The van der Waals surface area contributed by atoms with Crippen LogP contribution < -0.4 is 10.1 Å². The molecule has 0 saturated carbocycles. The van der Waals surface area contributed by atoms with E-state index < -0.39 is 0 Å². The van der Waals surface area contributed by atoms with Gasteiger partial charge in [-0.05, 0) is 37.1 Å². The first-order valence-electron chi connectivity index (χ1n) is 6.77. The summed E-state index contributed by atoms with van der Waals surface area (Å²) in [5, 5.41) is 3.49. The van der Waals surface area contributed by atoms with E-state index in [4.69, 9.17) is 4.74 Å². The number of ether oxygens (including phenoxy) is 1. The summed E-state index contributed by atoms with van der Waals surface area (Å²) < 4.78 is 5.73. The molecule has 1 rings (SSSR count). The summed E-state index contributed by atoms with van der Waals surface area (Å²) in [5.74, 6) is 0.993. The average molecular weight is 235 g/mol. The molecule has 0 spiro atoms. The van der Waals surface area contributed by atoms with Crippen molar-refractivity contribution in [1.82, 2.24) is 5.32 Å². The molecule has 0 heterocycles. The molecule has 1 atom stereocenters. The van der Waals surface area contributed by atoms with Gasteiger partial charge in [-0.2, -0.15) is 0 Å². The molecule has 2 nitrogen and oxygen atoms in total. The average Bonchev–Trinajstić information content (AvgIpc) is 2.36. The molecule has 0 bridgehead atoms. The Labute approximate surface area is 105 Å². The lowest BCUT2D eigenvalue weighted by atomic mass is 10.0. The van der Waals surface area contributed by atoms with Crippen LogP contribution in [-0.4, -0.2) is 13.2 Å². The van der Waals surface area contributed by atoms with E-state index in [-0.39, 0.29) is 0 Å². The number of rotatable bonds is 8. The van der Waals surface area contributed by atoms with Gasteiger partial charge in [-0.3, -0.25) is 0 Å². The Morgan fingerprint density at radius 3 is 2.71 bits per heavy atom. The summed E-state index contributed by atoms with van der Waals surface area (Å²) in [6, 6.07) is 8.89. The van der Waals surface area contributed by atoms with Gasteiger partial charge in [0, 0.05) is 6.04 Å². The molecule has 2 heteroatoms. The van der Waals surface area contributed by atoms with Gasteiger partial charge in [0.1, 0.15) is 5.75 Å². The molecular formula is C15H25NO. The Balaban J connectivity index is 2.63. The fourth-order valence-corrected chi connectivity index (χ4v) is 1.90. The van der Waals surface area contributed by atoms with Crippen molar-refractivity contribution in [2.75, 3.05) is 13.2 Å². The molecule has 0 aromatic heterocycles. The topological polar surface area (TPSA) is 21.3 Å². The van der Waals surface area contributed by atoms with E-state index >= 15 is 0 Å². The molecule has 0 fully saturated rings. The zero-order chi connectivity index (χ0) is 12.5. The molecule has 0 amide bonds. The predicted molar refractivity (Wildman–Crippen MR) is 73.6 cm³/mol. The molecule has 17 heavy (non-hydrogen) atoms. The number of hydrogen-bond acceptors (Lipinski definition) is 2. The first-order valence-corrected chi connectivity index (χ1v) is 6.77. The minimum Gasteiger partial charge on any atom is -0.494 e. The second-order valence-corrected chi connectivity index (χ2v) is 4.29. The second-order valence-electron chi connectivity index (χ2n) is 4.29. The number of hydrogen-bond donors (Lipinski definition) is 1. The summed E-state index contributed by atoms with van der Waals surface area (Å²) in [5.41, 5.74) is 1.32. The van der Waals surface area contributed by atoms with E-state index in [0.29, 0.717) is 6.04 Å². The fourth-order valence-electron chi connectivity index (χ4n) is 1.90. The second kappa shape index (κ2) is 8.13. The first kappa shape index (κ1) is 14.0. The standard InChI is InChI=1S/C15H25NO/c1-4-7-11-17-14-10-8-9-13(12-14)15(5-2)16-6-3/h8-10,12,15-16H,4-7,11H2,1-3H3. The molecule has 1 N–H and O–H groups in total. The van der Waals surface area contributed by atoms with Gasteiger partial charge < -0.3 is 10.1 Å². The molecule has 0 radical (unpaired) electrons. The van der Waals surface area contributed by atoms with Crippen LogP contribution in [0.1, 0.15) is 51.6 Å². The van der Waals surface area contributed by atoms with Crippen molar-refractivity contribution in [2.45, 2.75) is 46.1 Å².